The highest BCUT2D eigenvalue weighted by Crippen LogP contribution is 2.37. The lowest BCUT2D eigenvalue weighted by atomic mass is 9.80. The van der Waals surface area contributed by atoms with Crippen molar-refractivity contribution < 1.29 is 29.4 Å². The van der Waals surface area contributed by atoms with Gasteiger partial charge in [0.1, 0.15) is 5.75 Å². The molecule has 0 spiro atoms. The number of phenolic OH excluding ortho intramolecular Hbond substituents is 1. The van der Waals surface area contributed by atoms with Crippen molar-refractivity contribution in [3.05, 3.63) is 63.7 Å². The number of phenols is 1. The van der Waals surface area contributed by atoms with Crippen LogP contribution in [0.4, 0.5) is 0 Å². The van der Waals surface area contributed by atoms with E-state index in [-0.39, 0.29) is 33.4 Å². The monoisotopic (exact) mass is 324 g/mol. The molecule has 0 fully saturated rings. The van der Waals surface area contributed by atoms with Gasteiger partial charge < -0.3 is 10.2 Å². The Morgan fingerprint density at radius 2 is 1.58 bits per heavy atom. The number of Topliss-reactive ketones (excluding diaryl/α,β-unsaturated/α-hetero) is 1. The Bertz CT molecular complexity index is 939. The van der Waals surface area contributed by atoms with E-state index in [9.17, 15) is 24.3 Å². The quantitative estimate of drug-likeness (QED) is 0.713. The van der Waals surface area contributed by atoms with Gasteiger partial charge in [0.15, 0.2) is 17.3 Å². The third-order valence-corrected chi connectivity index (χ3v) is 3.96. The fourth-order valence-corrected chi connectivity index (χ4v) is 2.99. The number of aromatic hydroxyl groups is 1. The lowest BCUT2D eigenvalue weighted by molar-refractivity contribution is -0.136. The molecule has 24 heavy (non-hydrogen) atoms. The summed E-state index contributed by atoms with van der Waals surface area (Å²) < 4.78 is 0. The maximum Gasteiger partial charge on any atom is 0.307 e. The summed E-state index contributed by atoms with van der Waals surface area (Å²) in [5, 5.41) is 19.4. The van der Waals surface area contributed by atoms with E-state index in [1.165, 1.54) is 18.2 Å². The van der Waals surface area contributed by atoms with Gasteiger partial charge in [0.05, 0.1) is 17.5 Å². The number of ketones is 3. The lowest BCUT2D eigenvalue weighted by Crippen LogP contribution is -2.23. The molecule has 0 amide bonds. The van der Waals surface area contributed by atoms with Crippen LogP contribution in [-0.2, 0) is 11.2 Å². The second kappa shape index (κ2) is 5.42. The first-order valence-electron chi connectivity index (χ1n) is 7.13. The Balaban J connectivity index is 2.35. The van der Waals surface area contributed by atoms with Crippen LogP contribution in [0.5, 0.6) is 5.75 Å². The number of carbonyl (C=O) groups excluding carboxylic acids is 3. The first kappa shape index (κ1) is 15.6. The van der Waals surface area contributed by atoms with Gasteiger partial charge in [-0.15, -0.1) is 0 Å². The highest BCUT2D eigenvalue weighted by Gasteiger charge is 2.35. The summed E-state index contributed by atoms with van der Waals surface area (Å²) in [4.78, 5) is 48.1. The molecular formula is C18H12O6. The van der Waals surface area contributed by atoms with E-state index < -0.39 is 35.5 Å². The smallest absolute Gasteiger partial charge is 0.307 e. The third kappa shape index (κ3) is 2.20. The van der Waals surface area contributed by atoms with Crippen LogP contribution >= 0.6 is 0 Å². The van der Waals surface area contributed by atoms with E-state index in [4.69, 9.17) is 5.11 Å². The topological polar surface area (TPSA) is 109 Å². The van der Waals surface area contributed by atoms with Gasteiger partial charge in [-0.3, -0.25) is 19.2 Å². The zero-order chi connectivity index (χ0) is 17.6. The molecule has 6 nitrogen and oxygen atoms in total. The first-order valence-corrected chi connectivity index (χ1v) is 7.13. The molecule has 0 bridgehead atoms. The van der Waals surface area contributed by atoms with E-state index in [2.05, 4.69) is 0 Å². The van der Waals surface area contributed by atoms with E-state index in [0.717, 1.165) is 6.92 Å². The van der Waals surface area contributed by atoms with Crippen molar-refractivity contribution in [3.8, 4) is 5.75 Å². The summed E-state index contributed by atoms with van der Waals surface area (Å²) in [6.07, 6.45) is -0.543. The number of carboxylic acid groups (broad SMARTS) is 1. The van der Waals surface area contributed by atoms with Crippen molar-refractivity contribution in [2.24, 2.45) is 0 Å². The molecule has 1 aliphatic rings. The fraction of sp³-hybridized carbons (Fsp3) is 0.111. The Labute approximate surface area is 136 Å². The molecule has 0 atom stereocenters. The van der Waals surface area contributed by atoms with Gasteiger partial charge in [0, 0.05) is 16.7 Å². The van der Waals surface area contributed by atoms with Gasteiger partial charge >= 0.3 is 5.97 Å². The maximum absolute atomic E-state index is 12.6. The number of fused-ring (bicyclic) bond motifs is 2. The van der Waals surface area contributed by atoms with Crippen LogP contribution in [0.3, 0.4) is 0 Å². The molecule has 2 aromatic carbocycles. The summed E-state index contributed by atoms with van der Waals surface area (Å²) in [6, 6.07) is 7.38. The van der Waals surface area contributed by atoms with Crippen molar-refractivity contribution in [2.75, 3.05) is 0 Å². The number of hydrogen-bond donors (Lipinski definition) is 2. The zero-order valence-electron chi connectivity index (χ0n) is 12.6. The summed E-state index contributed by atoms with van der Waals surface area (Å²) in [7, 11) is 0. The van der Waals surface area contributed by atoms with E-state index in [1.54, 1.807) is 12.1 Å². The minimum Gasteiger partial charge on any atom is -0.506 e. The van der Waals surface area contributed by atoms with Gasteiger partial charge in [0.25, 0.3) is 0 Å². The summed E-state index contributed by atoms with van der Waals surface area (Å²) >= 11 is 0. The van der Waals surface area contributed by atoms with Crippen LogP contribution < -0.4 is 0 Å². The lowest BCUT2D eigenvalue weighted by Gasteiger charge is -2.21. The van der Waals surface area contributed by atoms with Gasteiger partial charge in [-0.1, -0.05) is 24.3 Å². The molecule has 0 saturated carbocycles. The molecule has 0 heterocycles. The van der Waals surface area contributed by atoms with Gasteiger partial charge in [-0.25, -0.2) is 0 Å². The molecule has 0 unspecified atom stereocenters. The van der Waals surface area contributed by atoms with Crippen molar-refractivity contribution in [2.45, 2.75) is 13.3 Å². The molecule has 0 saturated heterocycles. The van der Waals surface area contributed by atoms with Crippen LogP contribution in [0.25, 0.3) is 0 Å². The number of hydrogen-bond acceptors (Lipinski definition) is 5. The molecule has 0 radical (unpaired) electrons. The van der Waals surface area contributed by atoms with Crippen LogP contribution in [0.15, 0.2) is 30.3 Å². The molecule has 120 valence electrons. The van der Waals surface area contributed by atoms with Crippen molar-refractivity contribution in [1.29, 1.82) is 0 Å². The van der Waals surface area contributed by atoms with Crippen LogP contribution in [0.2, 0.25) is 0 Å². The van der Waals surface area contributed by atoms with Crippen LogP contribution in [-0.4, -0.2) is 33.5 Å². The minimum atomic E-state index is -1.22. The standard InChI is InChI=1S/C18H12O6/c1-8(19)14-9(7-13(20)21)6-12-15(18(14)24)17(23)11-5-3-2-4-10(11)16(12)22/h2-6,24H,7H2,1H3,(H,20,21). The largest absolute Gasteiger partial charge is 0.506 e. The normalized spacial score (nSPS) is 12.5. The van der Waals surface area contributed by atoms with Crippen molar-refractivity contribution in [1.82, 2.24) is 0 Å². The molecule has 0 aliphatic heterocycles. The number of rotatable bonds is 3. The highest BCUT2D eigenvalue weighted by atomic mass is 16.4. The number of benzene rings is 2. The highest BCUT2D eigenvalue weighted by molar-refractivity contribution is 6.30. The molecule has 2 N–H and O–H groups in total. The Morgan fingerprint density at radius 3 is 2.12 bits per heavy atom. The SMILES string of the molecule is CC(=O)c1c(CC(=O)O)cc2c(c1O)C(=O)c1ccccc1C2=O. The molecule has 3 rings (SSSR count). The number of carboxylic acids is 1. The Morgan fingerprint density at radius 1 is 1.00 bits per heavy atom. The second-order valence-corrected chi connectivity index (χ2v) is 5.51. The van der Waals surface area contributed by atoms with Crippen molar-refractivity contribution in [3.63, 3.8) is 0 Å². The Hall–Kier alpha value is -3.28. The molecule has 2 aromatic rings. The predicted molar refractivity (Wildman–Crippen MR) is 82.8 cm³/mol. The van der Waals surface area contributed by atoms with Gasteiger partial charge in [-0.05, 0) is 18.6 Å². The third-order valence-electron chi connectivity index (χ3n) is 3.96. The number of carbonyl (C=O) groups is 4. The van der Waals surface area contributed by atoms with Crippen molar-refractivity contribution >= 4 is 23.3 Å². The first-order chi connectivity index (χ1) is 11.3. The van der Waals surface area contributed by atoms with Crippen LogP contribution in [0, 0.1) is 0 Å². The Kier molecular flexibility index (Phi) is 3.52. The molecule has 1 aliphatic carbocycles. The molecular weight excluding hydrogens is 312 g/mol. The minimum absolute atomic E-state index is 0.00628. The molecule has 0 aromatic heterocycles. The summed E-state index contributed by atoms with van der Waals surface area (Å²) in [5.41, 5.74) is -0.240. The number of aliphatic carboxylic acids is 1. The summed E-state index contributed by atoms with van der Waals surface area (Å²) in [6.45, 7) is 1.16. The maximum atomic E-state index is 12.6. The average Bonchev–Trinajstić information content (AvgIpc) is 2.51. The van der Waals surface area contributed by atoms with Gasteiger partial charge in [0.2, 0.25) is 0 Å². The average molecular weight is 324 g/mol. The van der Waals surface area contributed by atoms with Gasteiger partial charge in [-0.2, -0.15) is 0 Å². The zero-order valence-corrected chi connectivity index (χ0v) is 12.6. The van der Waals surface area contributed by atoms with Crippen LogP contribution in [0.1, 0.15) is 54.7 Å². The summed E-state index contributed by atoms with van der Waals surface area (Å²) in [5.74, 6) is -3.49. The predicted octanol–water partition coefficient (Wildman–Crippen LogP) is 2.00. The fourth-order valence-electron chi connectivity index (χ4n) is 2.99. The van der Waals surface area contributed by atoms with E-state index >= 15 is 0 Å². The molecule has 6 heteroatoms. The van der Waals surface area contributed by atoms with E-state index in [0.29, 0.717) is 0 Å². The second-order valence-electron chi connectivity index (χ2n) is 5.51. The van der Waals surface area contributed by atoms with E-state index in [1.807, 2.05) is 0 Å².